The molecule has 2 heteroatoms. The Morgan fingerprint density at radius 1 is 1.33 bits per heavy atom. The monoisotopic (exact) mass is 184 g/mol. The van der Waals surface area contributed by atoms with Gasteiger partial charge in [0.2, 0.25) is 0 Å². The van der Waals surface area contributed by atoms with E-state index in [2.05, 4.69) is 16.8 Å². The second-order valence-corrected chi connectivity index (χ2v) is 3.72. The lowest BCUT2D eigenvalue weighted by Crippen LogP contribution is -1.89. The summed E-state index contributed by atoms with van der Waals surface area (Å²) in [4.78, 5) is 0. The zero-order valence-electron chi connectivity index (χ0n) is 7.58. The molecule has 1 aromatic rings. The van der Waals surface area contributed by atoms with Gasteiger partial charge in [-0.3, -0.25) is 0 Å². The Bertz CT molecular complexity index is 182. The first kappa shape index (κ1) is 9.75. The van der Waals surface area contributed by atoms with Crippen molar-refractivity contribution in [2.24, 2.45) is 0 Å². The van der Waals surface area contributed by atoms with Crippen molar-refractivity contribution in [3.05, 3.63) is 22.4 Å². The summed E-state index contributed by atoms with van der Waals surface area (Å²) in [5.41, 5.74) is 1.48. The predicted octanol–water partition coefficient (Wildman–Crippen LogP) is 3.11. The quantitative estimate of drug-likeness (QED) is 0.617. The van der Waals surface area contributed by atoms with Crippen molar-refractivity contribution in [1.82, 2.24) is 0 Å². The molecule has 0 amide bonds. The molecule has 68 valence electrons. The third kappa shape index (κ3) is 3.88. The minimum atomic E-state index is 0.906. The van der Waals surface area contributed by atoms with Gasteiger partial charge in [0, 0.05) is 13.7 Å². The summed E-state index contributed by atoms with van der Waals surface area (Å²) in [6.07, 6.45) is 5.00. The third-order valence-electron chi connectivity index (χ3n) is 1.89. The normalized spacial score (nSPS) is 10.4. The Labute approximate surface area is 78.4 Å². The zero-order valence-corrected chi connectivity index (χ0v) is 8.40. The van der Waals surface area contributed by atoms with Crippen LogP contribution >= 0.6 is 11.3 Å². The number of ether oxygens (including phenoxy) is 1. The van der Waals surface area contributed by atoms with Crippen LogP contribution in [-0.2, 0) is 11.2 Å². The smallest absolute Gasteiger partial charge is 0.0462 e. The zero-order chi connectivity index (χ0) is 8.65. The molecule has 0 atom stereocenters. The molecule has 1 nitrogen and oxygen atoms in total. The second kappa shape index (κ2) is 6.21. The third-order valence-corrected chi connectivity index (χ3v) is 2.63. The van der Waals surface area contributed by atoms with Gasteiger partial charge in [-0.25, -0.2) is 0 Å². The predicted molar refractivity (Wildman–Crippen MR) is 53.8 cm³/mol. The van der Waals surface area contributed by atoms with Crippen molar-refractivity contribution in [1.29, 1.82) is 0 Å². The molecule has 0 aliphatic carbocycles. The molecule has 0 bridgehead atoms. The van der Waals surface area contributed by atoms with Crippen LogP contribution in [0.15, 0.2) is 16.8 Å². The number of thiophene rings is 1. The fraction of sp³-hybridized carbons (Fsp3) is 0.600. The number of unbranched alkanes of at least 4 members (excludes halogenated alkanes) is 2. The molecule has 0 radical (unpaired) electrons. The van der Waals surface area contributed by atoms with Gasteiger partial charge < -0.3 is 4.74 Å². The molecule has 1 heterocycles. The van der Waals surface area contributed by atoms with E-state index in [1.165, 1.54) is 31.2 Å². The summed E-state index contributed by atoms with van der Waals surface area (Å²) < 4.78 is 4.98. The van der Waals surface area contributed by atoms with E-state index >= 15 is 0 Å². The van der Waals surface area contributed by atoms with Gasteiger partial charge in [0.15, 0.2) is 0 Å². The maximum absolute atomic E-state index is 4.98. The molecule has 0 unspecified atom stereocenters. The van der Waals surface area contributed by atoms with Gasteiger partial charge in [0.1, 0.15) is 0 Å². The van der Waals surface area contributed by atoms with Crippen LogP contribution < -0.4 is 0 Å². The van der Waals surface area contributed by atoms with Crippen molar-refractivity contribution in [2.45, 2.75) is 25.7 Å². The highest BCUT2D eigenvalue weighted by Crippen LogP contribution is 2.10. The van der Waals surface area contributed by atoms with Gasteiger partial charge in [0.05, 0.1) is 0 Å². The second-order valence-electron chi connectivity index (χ2n) is 2.94. The molecule has 12 heavy (non-hydrogen) atoms. The lowest BCUT2D eigenvalue weighted by molar-refractivity contribution is 0.192. The van der Waals surface area contributed by atoms with Gasteiger partial charge in [-0.05, 0) is 41.7 Å². The largest absolute Gasteiger partial charge is 0.385 e. The van der Waals surface area contributed by atoms with Crippen LogP contribution in [0, 0.1) is 0 Å². The van der Waals surface area contributed by atoms with Crippen LogP contribution in [0.4, 0.5) is 0 Å². The molecular formula is C10H16OS. The Kier molecular flexibility index (Phi) is 5.04. The molecule has 1 aromatic heterocycles. The van der Waals surface area contributed by atoms with Crippen LogP contribution in [0.25, 0.3) is 0 Å². The van der Waals surface area contributed by atoms with E-state index in [-0.39, 0.29) is 0 Å². The average Bonchev–Trinajstić information content (AvgIpc) is 2.57. The van der Waals surface area contributed by atoms with E-state index in [4.69, 9.17) is 4.74 Å². The highest BCUT2D eigenvalue weighted by Gasteiger charge is 1.92. The van der Waals surface area contributed by atoms with Gasteiger partial charge in [-0.15, -0.1) is 0 Å². The van der Waals surface area contributed by atoms with Crippen molar-refractivity contribution in [3.63, 3.8) is 0 Å². The van der Waals surface area contributed by atoms with E-state index in [0.29, 0.717) is 0 Å². The maximum atomic E-state index is 4.98. The SMILES string of the molecule is COCCCCCc1ccsc1. The van der Waals surface area contributed by atoms with Gasteiger partial charge >= 0.3 is 0 Å². The molecule has 0 aliphatic rings. The van der Waals surface area contributed by atoms with E-state index in [1.54, 1.807) is 18.4 Å². The Balaban J connectivity index is 1.96. The van der Waals surface area contributed by atoms with E-state index in [1.807, 2.05) is 0 Å². The van der Waals surface area contributed by atoms with Gasteiger partial charge in [-0.2, -0.15) is 11.3 Å². The van der Waals surface area contributed by atoms with Crippen LogP contribution in [0.5, 0.6) is 0 Å². The number of methoxy groups -OCH3 is 1. The summed E-state index contributed by atoms with van der Waals surface area (Å²) in [5.74, 6) is 0. The van der Waals surface area contributed by atoms with Crippen LogP contribution in [0.2, 0.25) is 0 Å². The van der Waals surface area contributed by atoms with Crippen molar-refractivity contribution in [3.8, 4) is 0 Å². The van der Waals surface area contributed by atoms with E-state index in [9.17, 15) is 0 Å². The number of hydrogen-bond acceptors (Lipinski definition) is 2. The lowest BCUT2D eigenvalue weighted by Gasteiger charge is -1.98. The summed E-state index contributed by atoms with van der Waals surface area (Å²) in [6.45, 7) is 0.906. The fourth-order valence-corrected chi connectivity index (χ4v) is 1.89. The first-order chi connectivity index (χ1) is 5.93. The lowest BCUT2D eigenvalue weighted by atomic mass is 10.1. The molecular weight excluding hydrogens is 168 g/mol. The first-order valence-corrected chi connectivity index (χ1v) is 5.38. The number of aryl methyl sites for hydroxylation is 1. The molecule has 0 saturated carbocycles. The van der Waals surface area contributed by atoms with Crippen molar-refractivity contribution >= 4 is 11.3 Å². The topological polar surface area (TPSA) is 9.23 Å². The van der Waals surface area contributed by atoms with Crippen molar-refractivity contribution < 1.29 is 4.74 Å². The Hall–Kier alpha value is -0.340. The van der Waals surface area contributed by atoms with Crippen LogP contribution in [-0.4, -0.2) is 13.7 Å². The number of hydrogen-bond donors (Lipinski definition) is 0. The first-order valence-electron chi connectivity index (χ1n) is 4.43. The maximum Gasteiger partial charge on any atom is 0.0462 e. The minimum absolute atomic E-state index is 0.906. The molecule has 0 spiro atoms. The molecule has 0 N–H and O–H groups in total. The van der Waals surface area contributed by atoms with E-state index in [0.717, 1.165) is 6.61 Å². The fourth-order valence-electron chi connectivity index (χ4n) is 1.19. The highest BCUT2D eigenvalue weighted by atomic mass is 32.1. The number of rotatable bonds is 6. The van der Waals surface area contributed by atoms with Crippen LogP contribution in [0.3, 0.4) is 0 Å². The summed E-state index contributed by atoms with van der Waals surface area (Å²) in [6, 6.07) is 2.21. The molecule has 0 aliphatic heterocycles. The summed E-state index contributed by atoms with van der Waals surface area (Å²) >= 11 is 1.78. The summed E-state index contributed by atoms with van der Waals surface area (Å²) in [7, 11) is 1.76. The Morgan fingerprint density at radius 3 is 2.92 bits per heavy atom. The standard InChI is InChI=1S/C10H16OS/c1-11-7-4-2-3-5-10-6-8-12-9-10/h6,8-9H,2-5,7H2,1H3. The van der Waals surface area contributed by atoms with Gasteiger partial charge in [0.25, 0.3) is 0 Å². The van der Waals surface area contributed by atoms with Crippen LogP contribution in [0.1, 0.15) is 24.8 Å². The molecule has 0 aromatic carbocycles. The highest BCUT2D eigenvalue weighted by molar-refractivity contribution is 7.07. The Morgan fingerprint density at radius 2 is 2.25 bits per heavy atom. The molecule has 0 fully saturated rings. The average molecular weight is 184 g/mol. The molecule has 0 saturated heterocycles. The van der Waals surface area contributed by atoms with Gasteiger partial charge in [-0.1, -0.05) is 6.42 Å². The minimum Gasteiger partial charge on any atom is -0.385 e. The summed E-state index contributed by atoms with van der Waals surface area (Å²) in [5, 5.41) is 4.38. The van der Waals surface area contributed by atoms with E-state index < -0.39 is 0 Å². The molecule has 1 rings (SSSR count). The van der Waals surface area contributed by atoms with Crippen molar-refractivity contribution in [2.75, 3.05) is 13.7 Å².